The zero-order chi connectivity index (χ0) is 9.84. The average Bonchev–Trinajstić information content (AvgIpc) is 2.82. The third kappa shape index (κ3) is 3.68. The van der Waals surface area contributed by atoms with Crippen LogP contribution in [0.2, 0.25) is 0 Å². The molecule has 0 aromatic heterocycles. The number of rotatable bonds is 6. The van der Waals surface area contributed by atoms with Crippen molar-refractivity contribution >= 4 is 0 Å². The first-order valence-corrected chi connectivity index (χ1v) is 5.85. The van der Waals surface area contributed by atoms with E-state index in [0.29, 0.717) is 0 Å². The van der Waals surface area contributed by atoms with Crippen molar-refractivity contribution in [3.63, 3.8) is 0 Å². The third-order valence-electron chi connectivity index (χ3n) is 3.31. The molecule has 0 aromatic rings. The molecule has 0 spiro atoms. The monoisotopic (exact) mass is 183 g/mol. The van der Waals surface area contributed by atoms with Crippen molar-refractivity contribution in [2.45, 2.75) is 40.5 Å². The minimum atomic E-state index is 0.792. The molecule has 0 saturated heterocycles. The van der Waals surface area contributed by atoms with Crippen LogP contribution in [0, 0.1) is 23.7 Å². The molecule has 0 amide bonds. The molecule has 78 valence electrons. The summed E-state index contributed by atoms with van der Waals surface area (Å²) in [7, 11) is 0. The minimum absolute atomic E-state index is 0.792. The Morgan fingerprint density at radius 3 is 2.54 bits per heavy atom. The zero-order valence-corrected chi connectivity index (χ0v) is 9.64. The molecule has 1 aliphatic rings. The summed E-state index contributed by atoms with van der Waals surface area (Å²) in [6.45, 7) is 11.7. The summed E-state index contributed by atoms with van der Waals surface area (Å²) < 4.78 is 0. The third-order valence-corrected chi connectivity index (χ3v) is 3.31. The first-order valence-electron chi connectivity index (χ1n) is 5.85. The lowest BCUT2D eigenvalue weighted by Crippen LogP contribution is -2.22. The second-order valence-electron chi connectivity index (χ2n) is 5.10. The Morgan fingerprint density at radius 1 is 1.31 bits per heavy atom. The lowest BCUT2D eigenvalue weighted by Gasteiger charge is -2.09. The van der Waals surface area contributed by atoms with Gasteiger partial charge in [-0.2, -0.15) is 0 Å². The van der Waals surface area contributed by atoms with Gasteiger partial charge in [-0.3, -0.25) is 0 Å². The van der Waals surface area contributed by atoms with Crippen molar-refractivity contribution < 1.29 is 0 Å². The lowest BCUT2D eigenvalue weighted by atomic mass is 10.0. The van der Waals surface area contributed by atoms with Crippen molar-refractivity contribution in [1.29, 1.82) is 0 Å². The van der Waals surface area contributed by atoms with Crippen LogP contribution >= 0.6 is 0 Å². The van der Waals surface area contributed by atoms with E-state index in [9.17, 15) is 0 Å². The Bertz CT molecular complexity index is 142. The highest BCUT2D eigenvalue weighted by molar-refractivity contribution is 4.90. The maximum Gasteiger partial charge on any atom is -0.00175 e. The molecule has 1 N–H and O–H groups in total. The summed E-state index contributed by atoms with van der Waals surface area (Å²) in [6.07, 6.45) is 2.82. The van der Waals surface area contributed by atoms with Crippen LogP contribution < -0.4 is 5.32 Å². The molecule has 0 bridgehead atoms. The van der Waals surface area contributed by atoms with Crippen LogP contribution in [-0.2, 0) is 0 Å². The van der Waals surface area contributed by atoms with E-state index in [1.54, 1.807) is 0 Å². The Labute approximate surface area is 83.3 Å². The Morgan fingerprint density at radius 2 is 2.00 bits per heavy atom. The van der Waals surface area contributed by atoms with E-state index in [4.69, 9.17) is 0 Å². The van der Waals surface area contributed by atoms with E-state index in [1.807, 2.05) is 0 Å². The van der Waals surface area contributed by atoms with Crippen LogP contribution in [0.5, 0.6) is 0 Å². The molecule has 0 aliphatic heterocycles. The molecule has 13 heavy (non-hydrogen) atoms. The highest BCUT2D eigenvalue weighted by Crippen LogP contribution is 2.44. The van der Waals surface area contributed by atoms with Gasteiger partial charge in [0.05, 0.1) is 0 Å². The van der Waals surface area contributed by atoms with E-state index in [1.165, 1.54) is 25.9 Å². The summed E-state index contributed by atoms with van der Waals surface area (Å²) in [6, 6.07) is 0. The first-order chi connectivity index (χ1) is 6.15. The average molecular weight is 183 g/mol. The normalized spacial score (nSPS) is 29.3. The van der Waals surface area contributed by atoms with Gasteiger partial charge in [0, 0.05) is 0 Å². The van der Waals surface area contributed by atoms with Gasteiger partial charge in [0.1, 0.15) is 0 Å². The maximum atomic E-state index is 3.56. The van der Waals surface area contributed by atoms with Crippen molar-refractivity contribution in [2.24, 2.45) is 23.7 Å². The number of nitrogens with one attached hydrogen (secondary N) is 1. The molecule has 0 aromatic carbocycles. The van der Waals surface area contributed by atoms with Crippen LogP contribution in [-0.4, -0.2) is 13.1 Å². The van der Waals surface area contributed by atoms with Gasteiger partial charge in [-0.25, -0.2) is 0 Å². The Kier molecular flexibility index (Phi) is 4.24. The SMILES string of the molecule is CCC(C)C1CC1CNCC(C)C. The zero-order valence-electron chi connectivity index (χ0n) is 9.64. The van der Waals surface area contributed by atoms with E-state index >= 15 is 0 Å². The lowest BCUT2D eigenvalue weighted by molar-refractivity contribution is 0.442. The van der Waals surface area contributed by atoms with Crippen molar-refractivity contribution in [1.82, 2.24) is 5.32 Å². The fourth-order valence-electron chi connectivity index (χ4n) is 2.06. The summed E-state index contributed by atoms with van der Waals surface area (Å²) in [4.78, 5) is 0. The fraction of sp³-hybridized carbons (Fsp3) is 1.00. The van der Waals surface area contributed by atoms with Crippen LogP contribution in [0.4, 0.5) is 0 Å². The molecule has 1 heteroatoms. The molecule has 1 saturated carbocycles. The maximum absolute atomic E-state index is 3.56. The van der Waals surface area contributed by atoms with Gasteiger partial charge in [0.25, 0.3) is 0 Å². The molecule has 1 aliphatic carbocycles. The predicted octanol–water partition coefficient (Wildman–Crippen LogP) is 2.91. The Hall–Kier alpha value is -0.0400. The van der Waals surface area contributed by atoms with Crippen molar-refractivity contribution in [3.05, 3.63) is 0 Å². The van der Waals surface area contributed by atoms with Gasteiger partial charge in [-0.05, 0) is 43.2 Å². The van der Waals surface area contributed by atoms with Gasteiger partial charge in [0.2, 0.25) is 0 Å². The minimum Gasteiger partial charge on any atom is -0.316 e. The van der Waals surface area contributed by atoms with Crippen LogP contribution in [0.15, 0.2) is 0 Å². The molecule has 3 unspecified atom stereocenters. The van der Waals surface area contributed by atoms with Crippen molar-refractivity contribution in [2.75, 3.05) is 13.1 Å². The van der Waals surface area contributed by atoms with Crippen LogP contribution in [0.25, 0.3) is 0 Å². The second kappa shape index (κ2) is 4.99. The van der Waals surface area contributed by atoms with Crippen molar-refractivity contribution in [3.8, 4) is 0 Å². The smallest absolute Gasteiger partial charge is 0.00175 e. The number of hydrogen-bond donors (Lipinski definition) is 1. The van der Waals surface area contributed by atoms with Crippen LogP contribution in [0.1, 0.15) is 40.5 Å². The molecule has 3 atom stereocenters. The predicted molar refractivity (Wildman–Crippen MR) is 58.8 cm³/mol. The first kappa shape index (κ1) is 11.0. The quantitative estimate of drug-likeness (QED) is 0.667. The molecule has 0 radical (unpaired) electrons. The summed E-state index contributed by atoms with van der Waals surface area (Å²) in [5.74, 6) is 3.77. The molecule has 1 nitrogen and oxygen atoms in total. The summed E-state index contributed by atoms with van der Waals surface area (Å²) in [5, 5.41) is 3.56. The van der Waals surface area contributed by atoms with E-state index < -0.39 is 0 Å². The fourth-order valence-corrected chi connectivity index (χ4v) is 2.06. The van der Waals surface area contributed by atoms with E-state index in [0.717, 1.165) is 23.7 Å². The molecule has 0 heterocycles. The summed E-state index contributed by atoms with van der Waals surface area (Å²) >= 11 is 0. The number of hydrogen-bond acceptors (Lipinski definition) is 1. The highest BCUT2D eigenvalue weighted by Gasteiger charge is 2.39. The van der Waals surface area contributed by atoms with E-state index in [-0.39, 0.29) is 0 Å². The molecule has 1 rings (SSSR count). The van der Waals surface area contributed by atoms with Gasteiger partial charge in [-0.1, -0.05) is 34.1 Å². The van der Waals surface area contributed by atoms with Crippen LogP contribution in [0.3, 0.4) is 0 Å². The highest BCUT2D eigenvalue weighted by atomic mass is 14.9. The van der Waals surface area contributed by atoms with Gasteiger partial charge >= 0.3 is 0 Å². The second-order valence-corrected chi connectivity index (χ2v) is 5.10. The molecular weight excluding hydrogens is 158 g/mol. The van der Waals surface area contributed by atoms with E-state index in [2.05, 4.69) is 33.0 Å². The van der Waals surface area contributed by atoms with Gasteiger partial charge in [0.15, 0.2) is 0 Å². The topological polar surface area (TPSA) is 12.0 Å². The Balaban J connectivity index is 2.01. The summed E-state index contributed by atoms with van der Waals surface area (Å²) in [5.41, 5.74) is 0. The molecular formula is C12H25N. The largest absolute Gasteiger partial charge is 0.316 e. The molecule has 1 fully saturated rings. The standard InChI is InChI=1S/C12H25N/c1-5-10(4)12-6-11(12)8-13-7-9(2)3/h9-13H,5-8H2,1-4H3. The van der Waals surface area contributed by atoms with Gasteiger partial charge < -0.3 is 5.32 Å². The van der Waals surface area contributed by atoms with Gasteiger partial charge in [-0.15, -0.1) is 0 Å².